The molecular formula is C52H44N8O8. The number of nitrogens with one attached hydrogen (secondary N) is 4. The normalized spacial score (nSPS) is 16.3. The van der Waals surface area contributed by atoms with E-state index in [0.717, 1.165) is 59.6 Å². The van der Waals surface area contributed by atoms with Crippen LogP contribution in [-0.2, 0) is 32.3 Å². The first-order valence-electron chi connectivity index (χ1n) is 22.1. The number of nitrogens with zero attached hydrogens (tertiary/aromatic N) is 4. The lowest BCUT2D eigenvalue weighted by Crippen LogP contribution is -2.23. The minimum atomic E-state index is -0.473. The van der Waals surface area contributed by atoms with Gasteiger partial charge in [-0.2, -0.15) is 0 Å². The first-order valence-corrected chi connectivity index (χ1v) is 22.1. The van der Waals surface area contributed by atoms with Gasteiger partial charge in [0.05, 0.1) is 32.4 Å². The third-order valence-corrected chi connectivity index (χ3v) is 12.1. The average Bonchev–Trinajstić information content (AvgIpc) is 4.12. The van der Waals surface area contributed by atoms with Crippen molar-refractivity contribution < 1.29 is 29.0 Å². The second-order valence-corrected chi connectivity index (χ2v) is 16.6. The second kappa shape index (κ2) is 19.3. The van der Waals surface area contributed by atoms with Crippen molar-refractivity contribution in [2.24, 2.45) is 0 Å². The molecule has 0 aromatic heterocycles. The molecular weight excluding hydrogens is 865 g/mol. The number of non-ortho nitro benzene ring substituents is 2. The van der Waals surface area contributed by atoms with E-state index in [-0.39, 0.29) is 35.0 Å². The lowest BCUT2D eigenvalue weighted by Gasteiger charge is -2.18. The molecule has 4 aliphatic rings. The zero-order chi connectivity index (χ0) is 47.3. The predicted molar refractivity (Wildman–Crippen MR) is 259 cm³/mol. The van der Waals surface area contributed by atoms with Gasteiger partial charge in [-0.25, -0.2) is 0 Å². The molecule has 0 spiro atoms. The number of anilines is 4. The van der Waals surface area contributed by atoms with Crippen molar-refractivity contribution in [2.75, 3.05) is 34.4 Å². The minimum Gasteiger partial charge on any atom is -0.354 e. The highest BCUT2D eigenvalue weighted by molar-refractivity contribution is 6.38. The molecule has 4 heterocycles. The minimum absolute atomic E-state index is 0.0824. The maximum Gasteiger partial charge on any atom is 0.270 e. The predicted octanol–water partition coefficient (Wildman–Crippen LogP) is 9.30. The van der Waals surface area contributed by atoms with Crippen molar-refractivity contribution in [1.82, 2.24) is 9.80 Å². The highest BCUT2D eigenvalue weighted by atomic mass is 16.6. The summed E-state index contributed by atoms with van der Waals surface area (Å²) in [4.78, 5) is 75.4. The summed E-state index contributed by atoms with van der Waals surface area (Å²) in [6.07, 6.45) is 2.97. The quantitative estimate of drug-likeness (QED) is 0.0520. The topological polar surface area (TPSA) is 209 Å². The molecule has 6 aromatic carbocycles. The molecule has 2 fully saturated rings. The van der Waals surface area contributed by atoms with Crippen LogP contribution in [0.4, 0.5) is 34.1 Å². The fraction of sp³-hybridized carbons (Fsp3) is 0.154. The number of amides is 4. The Balaban J connectivity index is 0.000000170. The number of nitro benzene ring substituents is 2. The van der Waals surface area contributed by atoms with Crippen LogP contribution in [-0.4, -0.2) is 56.4 Å². The molecule has 0 unspecified atom stereocenters. The number of fused-ring (bicyclic) bond motifs is 2. The van der Waals surface area contributed by atoms with Crippen LogP contribution in [0.3, 0.4) is 0 Å². The molecule has 16 heteroatoms. The molecule has 0 aliphatic carbocycles. The Morgan fingerprint density at radius 2 is 0.985 bits per heavy atom. The number of likely N-dealkylation sites (tertiary alicyclic amines) is 2. The Bertz CT molecular complexity index is 3060. The van der Waals surface area contributed by atoms with Crippen LogP contribution >= 0.6 is 0 Å². The van der Waals surface area contributed by atoms with E-state index in [1.807, 2.05) is 119 Å². The molecule has 2 saturated heterocycles. The molecule has 4 N–H and O–H groups in total. The first-order chi connectivity index (χ1) is 33.0. The maximum atomic E-state index is 13.0. The van der Waals surface area contributed by atoms with Crippen molar-refractivity contribution in [3.05, 3.63) is 199 Å². The summed E-state index contributed by atoms with van der Waals surface area (Å²) in [5.41, 5.74) is 8.70. The van der Waals surface area contributed by atoms with Crippen LogP contribution in [0.5, 0.6) is 0 Å². The number of rotatable bonds is 12. The molecule has 4 amide bonds. The van der Waals surface area contributed by atoms with Crippen LogP contribution in [0.2, 0.25) is 0 Å². The highest BCUT2D eigenvalue weighted by Gasteiger charge is 2.32. The maximum absolute atomic E-state index is 13.0. The Labute approximate surface area is 390 Å². The van der Waals surface area contributed by atoms with E-state index in [2.05, 4.69) is 21.3 Å². The number of hydrogen-bond donors (Lipinski definition) is 4. The van der Waals surface area contributed by atoms with E-state index in [0.29, 0.717) is 71.0 Å². The summed E-state index contributed by atoms with van der Waals surface area (Å²) in [7, 11) is 0. The van der Waals surface area contributed by atoms with E-state index >= 15 is 0 Å². The summed E-state index contributed by atoms with van der Waals surface area (Å²) >= 11 is 0. The second-order valence-electron chi connectivity index (χ2n) is 16.6. The molecule has 0 bridgehead atoms. The van der Waals surface area contributed by atoms with Crippen LogP contribution in [0, 0.1) is 20.2 Å². The van der Waals surface area contributed by atoms with E-state index in [9.17, 15) is 39.4 Å². The van der Waals surface area contributed by atoms with Gasteiger partial charge >= 0.3 is 0 Å². The molecule has 6 aromatic rings. The molecule has 68 heavy (non-hydrogen) atoms. The van der Waals surface area contributed by atoms with Gasteiger partial charge in [0, 0.05) is 97.2 Å². The number of carbonyl (C=O) groups is 4. The van der Waals surface area contributed by atoms with Crippen LogP contribution < -0.4 is 21.3 Å². The molecule has 10 rings (SSSR count). The summed E-state index contributed by atoms with van der Waals surface area (Å²) < 4.78 is 0. The van der Waals surface area contributed by atoms with Gasteiger partial charge in [0.2, 0.25) is 11.8 Å². The smallest absolute Gasteiger partial charge is 0.270 e. The third kappa shape index (κ3) is 9.55. The van der Waals surface area contributed by atoms with Gasteiger partial charge in [-0.1, -0.05) is 84.9 Å². The monoisotopic (exact) mass is 908 g/mol. The zero-order valence-electron chi connectivity index (χ0n) is 36.6. The summed E-state index contributed by atoms with van der Waals surface area (Å²) in [5.74, 6) is -0.323. The Morgan fingerprint density at radius 3 is 1.44 bits per heavy atom. The molecule has 0 atom stereocenters. The molecule has 0 radical (unpaired) electrons. The van der Waals surface area contributed by atoms with E-state index in [1.165, 1.54) is 24.3 Å². The van der Waals surface area contributed by atoms with Crippen LogP contribution in [0.1, 0.15) is 59.1 Å². The summed E-state index contributed by atoms with van der Waals surface area (Å²) in [6.45, 7) is 2.64. The fourth-order valence-electron chi connectivity index (χ4n) is 8.71. The fourth-order valence-corrected chi connectivity index (χ4v) is 8.71. The van der Waals surface area contributed by atoms with Crippen molar-refractivity contribution in [2.45, 2.75) is 38.8 Å². The number of hydrogen-bond acceptors (Lipinski definition) is 10. The standard InChI is InChI=1S/2C26H22N4O4/c31-23-10-5-13-29(23)16-17-6-4-9-19(14-17)27-25(18-7-2-1-3-8-18)24-21-15-20(30(33)34)11-12-22(21)28-26(24)32;31-23-7-4-14-29(23)16-17-8-10-19(11-9-17)27-25(18-5-2-1-3-6-18)24-21-15-20(30(33)34)12-13-22(21)28-26(24)32/h1-4,6-9,11-12,14-15,27H,5,10,13,16H2,(H,28,32);1-3,5-6,8-13,15,27H,4,7,14,16H2,(H,28,32)/b2*25-24-. The van der Waals surface area contributed by atoms with Gasteiger partial charge < -0.3 is 31.1 Å². The molecule has 340 valence electrons. The van der Waals surface area contributed by atoms with Crippen LogP contribution in [0.15, 0.2) is 146 Å². The third-order valence-electron chi connectivity index (χ3n) is 12.1. The Morgan fingerprint density at radius 1 is 0.515 bits per heavy atom. The summed E-state index contributed by atoms with van der Waals surface area (Å²) in [5, 5.41) is 35.1. The van der Waals surface area contributed by atoms with Gasteiger partial charge in [-0.3, -0.25) is 39.4 Å². The Kier molecular flexibility index (Phi) is 12.6. The average molecular weight is 909 g/mol. The Hall–Kier alpha value is -8.92. The molecule has 16 nitrogen and oxygen atoms in total. The lowest BCUT2D eigenvalue weighted by molar-refractivity contribution is -0.385. The van der Waals surface area contributed by atoms with Crippen molar-refractivity contribution in [3.8, 4) is 0 Å². The first kappa shape index (κ1) is 44.3. The highest BCUT2D eigenvalue weighted by Crippen LogP contribution is 2.41. The number of carbonyl (C=O) groups excluding carboxylic acids is 4. The summed E-state index contributed by atoms with van der Waals surface area (Å²) in [6, 6.07) is 42.9. The molecule has 4 aliphatic heterocycles. The van der Waals surface area contributed by atoms with Gasteiger partial charge in [0.25, 0.3) is 23.2 Å². The molecule has 0 saturated carbocycles. The number of benzene rings is 6. The van der Waals surface area contributed by atoms with Gasteiger partial charge in [-0.15, -0.1) is 0 Å². The van der Waals surface area contributed by atoms with E-state index in [4.69, 9.17) is 0 Å². The van der Waals surface area contributed by atoms with Gasteiger partial charge in [-0.05, 0) is 71.5 Å². The SMILES string of the molecule is O=C1Nc2ccc([N+](=O)[O-])cc2/C1=C(/Nc1ccc(CN2CCCC2=O)cc1)c1ccccc1.O=C1Nc2ccc([N+](=O)[O-])cc2/C1=C(/Nc1cccc(CN2CCCC2=O)c1)c1ccccc1. The van der Waals surface area contributed by atoms with Crippen molar-refractivity contribution >= 4 is 80.3 Å². The van der Waals surface area contributed by atoms with E-state index in [1.54, 1.807) is 12.1 Å². The number of nitro groups is 2. The van der Waals surface area contributed by atoms with Gasteiger partial charge in [0.15, 0.2) is 0 Å². The largest absolute Gasteiger partial charge is 0.354 e. The zero-order valence-corrected chi connectivity index (χ0v) is 36.6. The lowest BCUT2D eigenvalue weighted by atomic mass is 9.99. The van der Waals surface area contributed by atoms with E-state index < -0.39 is 9.85 Å². The van der Waals surface area contributed by atoms with Crippen LogP contribution in [0.25, 0.3) is 22.5 Å². The van der Waals surface area contributed by atoms with Crippen molar-refractivity contribution in [3.63, 3.8) is 0 Å². The van der Waals surface area contributed by atoms with Gasteiger partial charge in [0.1, 0.15) is 0 Å². The van der Waals surface area contributed by atoms with Crippen molar-refractivity contribution in [1.29, 1.82) is 0 Å².